The molecule has 3 nitrogen and oxygen atoms in total. The minimum absolute atomic E-state index is 0.142. The number of rotatable bonds is 4. The summed E-state index contributed by atoms with van der Waals surface area (Å²) in [5.41, 5.74) is 2.06. The molecule has 1 saturated heterocycles. The topological polar surface area (TPSA) is 32.3 Å². The largest absolute Gasteiger partial charge is 0.337 e. The van der Waals surface area contributed by atoms with E-state index in [1.807, 2.05) is 41.3 Å². The van der Waals surface area contributed by atoms with Crippen LogP contribution in [0.15, 0.2) is 60.7 Å². The molecule has 0 aromatic heterocycles. The minimum Gasteiger partial charge on any atom is -0.337 e. The number of nitrogens with one attached hydrogen (secondary N) is 1. The highest BCUT2D eigenvalue weighted by molar-refractivity contribution is 5.94. The van der Waals surface area contributed by atoms with Crippen molar-refractivity contribution >= 4 is 5.91 Å². The lowest BCUT2D eigenvalue weighted by atomic mass is 9.95. The van der Waals surface area contributed by atoms with Crippen LogP contribution in [0.2, 0.25) is 0 Å². The van der Waals surface area contributed by atoms with Gasteiger partial charge in [0.1, 0.15) is 0 Å². The van der Waals surface area contributed by atoms with E-state index in [1.165, 1.54) is 5.56 Å². The number of carbonyl (C=O) groups excluding carboxylic acids is 1. The van der Waals surface area contributed by atoms with Gasteiger partial charge in [-0.3, -0.25) is 4.79 Å². The van der Waals surface area contributed by atoms with Crippen molar-refractivity contribution in [2.24, 2.45) is 5.92 Å². The van der Waals surface area contributed by atoms with Crippen LogP contribution in [0.1, 0.15) is 29.3 Å². The van der Waals surface area contributed by atoms with Crippen LogP contribution in [0.4, 0.5) is 0 Å². The van der Waals surface area contributed by atoms with Crippen LogP contribution in [0, 0.1) is 5.92 Å². The molecule has 1 heterocycles. The van der Waals surface area contributed by atoms with Crippen molar-refractivity contribution in [3.8, 4) is 0 Å². The van der Waals surface area contributed by atoms with E-state index in [0.717, 1.165) is 31.6 Å². The summed E-state index contributed by atoms with van der Waals surface area (Å²) in [6.07, 6.45) is 1.12. The van der Waals surface area contributed by atoms with Crippen LogP contribution in [0.25, 0.3) is 0 Å². The number of likely N-dealkylation sites (tertiary alicyclic amines) is 1. The van der Waals surface area contributed by atoms with Crippen LogP contribution < -0.4 is 5.32 Å². The first kappa shape index (κ1) is 15.8. The third-order valence-corrected chi connectivity index (χ3v) is 4.41. The molecule has 0 bridgehead atoms. The monoisotopic (exact) mass is 308 g/mol. The van der Waals surface area contributed by atoms with Crippen molar-refractivity contribution in [3.05, 3.63) is 71.8 Å². The molecule has 0 saturated carbocycles. The van der Waals surface area contributed by atoms with Gasteiger partial charge in [0.2, 0.25) is 0 Å². The Bertz CT molecular complexity index is 627. The molecule has 3 heteroatoms. The second kappa shape index (κ2) is 7.42. The van der Waals surface area contributed by atoms with Crippen LogP contribution in [0.5, 0.6) is 0 Å². The number of benzene rings is 2. The van der Waals surface area contributed by atoms with Crippen LogP contribution in [-0.2, 0) is 6.54 Å². The third-order valence-electron chi connectivity index (χ3n) is 4.41. The number of carbonyl (C=O) groups is 1. The molecule has 2 atom stereocenters. The quantitative estimate of drug-likeness (QED) is 0.939. The first-order chi connectivity index (χ1) is 11.2. The Morgan fingerprint density at radius 2 is 1.70 bits per heavy atom. The standard InChI is InChI=1S/C20H24N2O/c1-16-12-19(21-13-17-8-4-2-5-9-17)15-22(14-16)20(23)18-10-6-3-7-11-18/h2-11,16,19,21H,12-15H2,1H3. The predicted molar refractivity (Wildman–Crippen MR) is 93.2 cm³/mol. The number of piperidine rings is 1. The van der Waals surface area contributed by atoms with Gasteiger partial charge < -0.3 is 10.2 Å². The fraction of sp³-hybridized carbons (Fsp3) is 0.350. The molecule has 120 valence electrons. The lowest BCUT2D eigenvalue weighted by Crippen LogP contribution is -2.50. The molecule has 1 N–H and O–H groups in total. The summed E-state index contributed by atoms with van der Waals surface area (Å²) >= 11 is 0. The molecule has 2 unspecified atom stereocenters. The zero-order valence-corrected chi connectivity index (χ0v) is 13.6. The Morgan fingerprint density at radius 3 is 2.39 bits per heavy atom. The normalized spacial score (nSPS) is 21.2. The summed E-state index contributed by atoms with van der Waals surface area (Å²) in [5, 5.41) is 3.61. The van der Waals surface area contributed by atoms with E-state index in [9.17, 15) is 4.79 Å². The van der Waals surface area contributed by atoms with E-state index < -0.39 is 0 Å². The van der Waals surface area contributed by atoms with Gasteiger partial charge in [0.25, 0.3) is 5.91 Å². The number of nitrogens with zero attached hydrogens (tertiary/aromatic N) is 1. The summed E-state index contributed by atoms with van der Waals surface area (Å²) < 4.78 is 0. The van der Waals surface area contributed by atoms with Crippen molar-refractivity contribution in [1.29, 1.82) is 0 Å². The molecule has 0 aliphatic carbocycles. The van der Waals surface area contributed by atoms with Gasteiger partial charge in [-0.05, 0) is 30.0 Å². The van der Waals surface area contributed by atoms with Gasteiger partial charge in [-0.15, -0.1) is 0 Å². The van der Waals surface area contributed by atoms with Crippen molar-refractivity contribution in [3.63, 3.8) is 0 Å². The highest BCUT2D eigenvalue weighted by Crippen LogP contribution is 2.19. The number of hydrogen-bond donors (Lipinski definition) is 1. The Labute approximate surface area is 138 Å². The van der Waals surface area contributed by atoms with E-state index in [4.69, 9.17) is 0 Å². The highest BCUT2D eigenvalue weighted by Gasteiger charge is 2.28. The predicted octanol–water partition coefficient (Wildman–Crippen LogP) is 3.33. The molecule has 2 aromatic rings. The van der Waals surface area contributed by atoms with E-state index in [0.29, 0.717) is 12.0 Å². The van der Waals surface area contributed by atoms with E-state index in [2.05, 4.69) is 36.5 Å². The maximum absolute atomic E-state index is 12.7. The average molecular weight is 308 g/mol. The van der Waals surface area contributed by atoms with E-state index in [-0.39, 0.29) is 5.91 Å². The van der Waals surface area contributed by atoms with E-state index >= 15 is 0 Å². The van der Waals surface area contributed by atoms with Crippen molar-refractivity contribution in [1.82, 2.24) is 10.2 Å². The molecule has 23 heavy (non-hydrogen) atoms. The third kappa shape index (κ3) is 4.20. The second-order valence-electron chi connectivity index (χ2n) is 6.48. The Balaban J connectivity index is 1.61. The first-order valence-electron chi connectivity index (χ1n) is 8.34. The number of hydrogen-bond acceptors (Lipinski definition) is 2. The van der Waals surface area contributed by atoms with Gasteiger partial charge in [0.15, 0.2) is 0 Å². The van der Waals surface area contributed by atoms with Crippen LogP contribution >= 0.6 is 0 Å². The molecule has 0 spiro atoms. The Morgan fingerprint density at radius 1 is 1.04 bits per heavy atom. The molecule has 1 amide bonds. The Hall–Kier alpha value is -2.13. The van der Waals surface area contributed by atoms with Gasteiger partial charge in [-0.2, -0.15) is 0 Å². The fourth-order valence-electron chi connectivity index (χ4n) is 3.29. The SMILES string of the molecule is CC1CC(NCc2ccccc2)CN(C(=O)c2ccccc2)C1. The Kier molecular flexibility index (Phi) is 5.09. The molecule has 2 aromatic carbocycles. The van der Waals surface area contributed by atoms with Gasteiger partial charge in [0.05, 0.1) is 0 Å². The summed E-state index contributed by atoms with van der Waals surface area (Å²) in [6.45, 7) is 4.70. The first-order valence-corrected chi connectivity index (χ1v) is 8.34. The van der Waals surface area contributed by atoms with Crippen molar-refractivity contribution in [2.45, 2.75) is 25.9 Å². The fourth-order valence-corrected chi connectivity index (χ4v) is 3.29. The van der Waals surface area contributed by atoms with Crippen LogP contribution in [-0.4, -0.2) is 29.9 Å². The van der Waals surface area contributed by atoms with E-state index in [1.54, 1.807) is 0 Å². The number of amides is 1. The molecular formula is C20H24N2O. The van der Waals surface area contributed by atoms with Crippen molar-refractivity contribution in [2.75, 3.05) is 13.1 Å². The highest BCUT2D eigenvalue weighted by atomic mass is 16.2. The summed E-state index contributed by atoms with van der Waals surface area (Å²) in [4.78, 5) is 14.7. The van der Waals surface area contributed by atoms with Gasteiger partial charge in [0, 0.05) is 31.2 Å². The van der Waals surface area contributed by atoms with Gasteiger partial charge >= 0.3 is 0 Å². The van der Waals surface area contributed by atoms with Crippen molar-refractivity contribution < 1.29 is 4.79 Å². The molecule has 3 rings (SSSR count). The minimum atomic E-state index is 0.142. The zero-order valence-electron chi connectivity index (χ0n) is 13.6. The van der Waals surface area contributed by atoms with Gasteiger partial charge in [-0.25, -0.2) is 0 Å². The smallest absolute Gasteiger partial charge is 0.253 e. The molecule has 1 fully saturated rings. The zero-order chi connectivity index (χ0) is 16.1. The summed E-state index contributed by atoms with van der Waals surface area (Å²) in [6, 6.07) is 20.4. The lowest BCUT2D eigenvalue weighted by Gasteiger charge is -2.37. The van der Waals surface area contributed by atoms with Gasteiger partial charge in [-0.1, -0.05) is 55.5 Å². The lowest BCUT2D eigenvalue weighted by molar-refractivity contribution is 0.0640. The molecule has 0 radical (unpaired) electrons. The molecule has 1 aliphatic heterocycles. The average Bonchev–Trinajstić information content (AvgIpc) is 2.60. The molecule has 1 aliphatic rings. The summed E-state index contributed by atoms with van der Waals surface area (Å²) in [5.74, 6) is 0.661. The maximum atomic E-state index is 12.7. The second-order valence-corrected chi connectivity index (χ2v) is 6.48. The summed E-state index contributed by atoms with van der Waals surface area (Å²) in [7, 11) is 0. The maximum Gasteiger partial charge on any atom is 0.253 e. The molecular weight excluding hydrogens is 284 g/mol. The van der Waals surface area contributed by atoms with Crippen LogP contribution in [0.3, 0.4) is 0 Å².